The Balaban J connectivity index is 1.92. The van der Waals surface area contributed by atoms with E-state index >= 15 is 0 Å². The standard InChI is InChI=1S/C23H36N3O8P/c1-26(14-4-7-16-5-2-3-6-16)23(30)20(12-13-21(27)28)25-22(29)19(24)15-17-8-10-18(11-9-17)34-35(31,32)33/h8-11,16,19-20H,2-7,12-15,24H2,1H3,(H,25,29)(H,27,28)(H2,31,32,33)/t19-,20-/m0/s1. The molecule has 11 nitrogen and oxygen atoms in total. The lowest BCUT2D eigenvalue weighted by Crippen LogP contribution is -2.52. The molecule has 1 fully saturated rings. The molecule has 196 valence electrons. The minimum atomic E-state index is -4.67. The Morgan fingerprint density at radius 3 is 2.40 bits per heavy atom. The monoisotopic (exact) mass is 513 g/mol. The number of phosphoric ester groups is 1. The number of amides is 2. The van der Waals surface area contributed by atoms with Crippen LogP contribution in [0.5, 0.6) is 5.75 Å². The van der Waals surface area contributed by atoms with Crippen LogP contribution in [0.2, 0.25) is 0 Å². The third-order valence-electron chi connectivity index (χ3n) is 6.16. The van der Waals surface area contributed by atoms with E-state index in [2.05, 4.69) is 9.84 Å². The zero-order valence-electron chi connectivity index (χ0n) is 20.0. The fourth-order valence-corrected chi connectivity index (χ4v) is 4.66. The van der Waals surface area contributed by atoms with Gasteiger partial charge in [0.05, 0.1) is 6.04 Å². The Kier molecular flexibility index (Phi) is 11.2. The highest BCUT2D eigenvalue weighted by molar-refractivity contribution is 7.46. The van der Waals surface area contributed by atoms with E-state index in [-0.39, 0.29) is 30.9 Å². The summed E-state index contributed by atoms with van der Waals surface area (Å²) in [5.41, 5.74) is 6.62. The van der Waals surface area contributed by atoms with E-state index in [0.717, 1.165) is 12.8 Å². The minimum absolute atomic E-state index is 0.0320. The molecule has 0 saturated heterocycles. The number of aliphatic carboxylic acids is 1. The molecular formula is C23H36N3O8P. The van der Waals surface area contributed by atoms with Gasteiger partial charge < -0.3 is 25.6 Å². The van der Waals surface area contributed by atoms with Gasteiger partial charge in [0.1, 0.15) is 11.8 Å². The summed E-state index contributed by atoms with van der Waals surface area (Å²) in [5.74, 6) is -1.34. The number of rotatable bonds is 14. The van der Waals surface area contributed by atoms with Crippen molar-refractivity contribution in [1.82, 2.24) is 10.2 Å². The largest absolute Gasteiger partial charge is 0.524 e. The molecule has 0 heterocycles. The van der Waals surface area contributed by atoms with E-state index in [1.54, 1.807) is 7.05 Å². The van der Waals surface area contributed by atoms with Crippen molar-refractivity contribution < 1.29 is 38.4 Å². The summed E-state index contributed by atoms with van der Waals surface area (Å²) in [7, 11) is -3.02. The molecule has 2 atom stereocenters. The van der Waals surface area contributed by atoms with Crippen molar-refractivity contribution in [2.45, 2.75) is 69.9 Å². The molecule has 12 heteroatoms. The van der Waals surface area contributed by atoms with E-state index in [4.69, 9.17) is 20.6 Å². The summed E-state index contributed by atoms with van der Waals surface area (Å²) >= 11 is 0. The van der Waals surface area contributed by atoms with Crippen molar-refractivity contribution in [3.63, 3.8) is 0 Å². The van der Waals surface area contributed by atoms with Crippen molar-refractivity contribution >= 4 is 25.6 Å². The molecule has 0 unspecified atom stereocenters. The van der Waals surface area contributed by atoms with Gasteiger partial charge in [0.25, 0.3) is 0 Å². The molecule has 2 rings (SSSR count). The minimum Gasteiger partial charge on any atom is -0.481 e. The van der Waals surface area contributed by atoms with Gasteiger partial charge in [0, 0.05) is 20.0 Å². The summed E-state index contributed by atoms with van der Waals surface area (Å²) in [6.07, 6.45) is 6.65. The zero-order chi connectivity index (χ0) is 26.0. The Hall–Kier alpha value is -2.46. The van der Waals surface area contributed by atoms with Crippen LogP contribution in [0.15, 0.2) is 24.3 Å². The van der Waals surface area contributed by atoms with E-state index in [9.17, 15) is 18.9 Å². The number of nitrogens with one attached hydrogen (secondary N) is 1. The lowest BCUT2D eigenvalue weighted by molar-refractivity contribution is -0.139. The fraction of sp³-hybridized carbons (Fsp3) is 0.609. The smallest absolute Gasteiger partial charge is 0.481 e. The molecule has 1 saturated carbocycles. The number of hydrogen-bond acceptors (Lipinski definition) is 6. The molecule has 1 aromatic rings. The summed E-state index contributed by atoms with van der Waals surface area (Å²) < 4.78 is 15.4. The van der Waals surface area contributed by atoms with Gasteiger partial charge in [-0.3, -0.25) is 24.2 Å². The van der Waals surface area contributed by atoms with Gasteiger partial charge in [-0.2, -0.15) is 0 Å². The predicted octanol–water partition coefficient (Wildman–Crippen LogP) is 1.81. The second-order valence-corrected chi connectivity index (χ2v) is 10.2. The normalized spacial score (nSPS) is 15.9. The number of likely N-dealkylation sites (N-methyl/N-ethyl adjacent to an activating group) is 1. The number of carbonyl (C=O) groups excluding carboxylic acids is 2. The first-order valence-corrected chi connectivity index (χ1v) is 13.3. The maximum atomic E-state index is 13.0. The molecular weight excluding hydrogens is 477 g/mol. The van der Waals surface area contributed by atoms with Crippen LogP contribution in [0.25, 0.3) is 0 Å². The maximum absolute atomic E-state index is 13.0. The second kappa shape index (κ2) is 13.6. The number of phosphoric acid groups is 1. The average Bonchev–Trinajstić information content (AvgIpc) is 3.29. The average molecular weight is 514 g/mol. The molecule has 6 N–H and O–H groups in total. The summed E-state index contributed by atoms with van der Waals surface area (Å²) in [5, 5.41) is 11.7. The summed E-state index contributed by atoms with van der Waals surface area (Å²) in [6, 6.07) is 3.71. The zero-order valence-corrected chi connectivity index (χ0v) is 20.9. The van der Waals surface area contributed by atoms with E-state index < -0.39 is 31.8 Å². The molecule has 1 aliphatic rings. The molecule has 0 aromatic heterocycles. The fourth-order valence-electron chi connectivity index (χ4n) is 4.27. The van der Waals surface area contributed by atoms with Gasteiger partial charge in [-0.05, 0) is 49.3 Å². The first kappa shape index (κ1) is 28.8. The quantitative estimate of drug-likeness (QED) is 0.232. The van der Waals surface area contributed by atoms with Crippen molar-refractivity contribution in [3.8, 4) is 5.75 Å². The first-order chi connectivity index (χ1) is 16.4. The van der Waals surface area contributed by atoms with Gasteiger partial charge in [0.15, 0.2) is 0 Å². The van der Waals surface area contributed by atoms with Crippen LogP contribution in [-0.2, 0) is 25.4 Å². The van der Waals surface area contributed by atoms with Crippen LogP contribution in [0, 0.1) is 5.92 Å². The molecule has 1 aliphatic carbocycles. The van der Waals surface area contributed by atoms with Crippen molar-refractivity contribution in [2.75, 3.05) is 13.6 Å². The van der Waals surface area contributed by atoms with Crippen LogP contribution >= 0.6 is 7.82 Å². The van der Waals surface area contributed by atoms with Crippen LogP contribution < -0.4 is 15.6 Å². The molecule has 2 amide bonds. The van der Waals surface area contributed by atoms with E-state index in [1.807, 2.05) is 0 Å². The Morgan fingerprint density at radius 1 is 1.20 bits per heavy atom. The van der Waals surface area contributed by atoms with Gasteiger partial charge in [-0.25, -0.2) is 4.57 Å². The van der Waals surface area contributed by atoms with Crippen molar-refractivity contribution in [3.05, 3.63) is 29.8 Å². The van der Waals surface area contributed by atoms with Crippen LogP contribution in [-0.4, -0.2) is 63.3 Å². The highest BCUT2D eigenvalue weighted by Crippen LogP contribution is 2.37. The second-order valence-electron chi connectivity index (χ2n) is 9.08. The van der Waals surface area contributed by atoms with E-state index in [1.165, 1.54) is 54.8 Å². The lowest BCUT2D eigenvalue weighted by Gasteiger charge is -2.26. The molecule has 0 radical (unpaired) electrons. The number of hydrogen-bond donors (Lipinski definition) is 5. The topological polar surface area (TPSA) is 179 Å². The molecule has 35 heavy (non-hydrogen) atoms. The van der Waals surface area contributed by atoms with Gasteiger partial charge in [-0.15, -0.1) is 0 Å². The van der Waals surface area contributed by atoms with Crippen molar-refractivity contribution in [2.24, 2.45) is 11.7 Å². The third kappa shape index (κ3) is 10.8. The van der Waals surface area contributed by atoms with Crippen molar-refractivity contribution in [1.29, 1.82) is 0 Å². The highest BCUT2D eigenvalue weighted by atomic mass is 31.2. The number of carboxylic acids is 1. The summed E-state index contributed by atoms with van der Waals surface area (Å²) in [6.45, 7) is 0.532. The molecule has 0 bridgehead atoms. The number of nitrogens with zero attached hydrogens (tertiary/aromatic N) is 1. The van der Waals surface area contributed by atoms with Gasteiger partial charge in [0.2, 0.25) is 11.8 Å². The highest BCUT2D eigenvalue weighted by Gasteiger charge is 2.27. The van der Waals surface area contributed by atoms with Crippen LogP contribution in [0.4, 0.5) is 0 Å². The summed E-state index contributed by atoms with van der Waals surface area (Å²) in [4.78, 5) is 55.9. The van der Waals surface area contributed by atoms with Crippen LogP contribution in [0.3, 0.4) is 0 Å². The first-order valence-electron chi connectivity index (χ1n) is 11.8. The molecule has 0 aliphatic heterocycles. The lowest BCUT2D eigenvalue weighted by atomic mass is 10.0. The number of carbonyl (C=O) groups is 3. The maximum Gasteiger partial charge on any atom is 0.524 e. The van der Waals surface area contributed by atoms with Gasteiger partial charge >= 0.3 is 13.8 Å². The Bertz CT molecular complexity index is 899. The Labute approximate surface area is 205 Å². The predicted molar refractivity (Wildman–Crippen MR) is 128 cm³/mol. The van der Waals surface area contributed by atoms with Gasteiger partial charge in [-0.1, -0.05) is 37.8 Å². The SMILES string of the molecule is CN(CCCC1CCCC1)C(=O)[C@H](CCC(=O)O)NC(=O)[C@@H](N)Cc1ccc(OP(=O)(O)O)cc1. The third-order valence-corrected chi connectivity index (χ3v) is 6.61. The number of benzene rings is 1. The molecule has 1 aromatic carbocycles. The molecule has 0 spiro atoms. The van der Waals surface area contributed by atoms with Crippen LogP contribution in [0.1, 0.15) is 56.9 Å². The Morgan fingerprint density at radius 2 is 1.83 bits per heavy atom. The van der Waals surface area contributed by atoms with E-state index in [0.29, 0.717) is 18.0 Å². The number of nitrogens with two attached hydrogens (primary N) is 1. The number of carboxylic acid groups (broad SMARTS) is 1.